The van der Waals surface area contributed by atoms with Crippen LogP contribution in [0.25, 0.3) is 0 Å². The lowest BCUT2D eigenvalue weighted by Crippen LogP contribution is -2.22. The molecule has 6 nitrogen and oxygen atoms in total. The molecule has 1 aliphatic carbocycles. The first kappa shape index (κ1) is 18.3. The van der Waals surface area contributed by atoms with E-state index in [0.29, 0.717) is 22.9 Å². The largest absolute Gasteiger partial charge is 0.495 e. The molecule has 1 aliphatic rings. The van der Waals surface area contributed by atoms with Gasteiger partial charge in [0.1, 0.15) is 10.8 Å². The van der Waals surface area contributed by atoms with E-state index < -0.39 is 0 Å². The summed E-state index contributed by atoms with van der Waals surface area (Å²) in [6, 6.07) is 7.40. The number of carbonyl (C=O) groups excluding carboxylic acids is 2. The fourth-order valence-corrected chi connectivity index (χ4v) is 4.34. The molecule has 0 bridgehead atoms. The number of fused-ring (bicyclic) bond motifs is 1. The number of esters is 1. The summed E-state index contributed by atoms with van der Waals surface area (Å²) in [4.78, 5) is 25.9. The zero-order valence-corrected chi connectivity index (χ0v) is 15.7. The molecule has 1 aromatic carbocycles. The van der Waals surface area contributed by atoms with Gasteiger partial charge in [0.2, 0.25) is 5.91 Å². The van der Waals surface area contributed by atoms with E-state index in [1.165, 1.54) is 16.2 Å². The Morgan fingerprint density at radius 2 is 2.04 bits per heavy atom. The molecule has 2 aromatic rings. The van der Waals surface area contributed by atoms with Crippen LogP contribution in [0.3, 0.4) is 0 Å². The highest BCUT2D eigenvalue weighted by Gasteiger charge is 2.28. The summed E-state index contributed by atoms with van der Waals surface area (Å²) in [7, 11) is 1.58. The Kier molecular flexibility index (Phi) is 5.78. The molecule has 26 heavy (non-hydrogen) atoms. The molecule has 138 valence electrons. The molecule has 3 rings (SSSR count). The van der Waals surface area contributed by atoms with Crippen molar-refractivity contribution in [2.45, 2.75) is 26.2 Å². The number of benzene rings is 1. The third-order valence-corrected chi connectivity index (χ3v) is 5.41. The number of nitrogens with one attached hydrogen (secondary N) is 2. The Hall–Kier alpha value is -2.54. The van der Waals surface area contributed by atoms with Crippen LogP contribution in [0.5, 0.6) is 5.75 Å². The monoisotopic (exact) mass is 374 g/mol. The molecule has 0 saturated heterocycles. The van der Waals surface area contributed by atoms with Crippen LogP contribution in [0.15, 0.2) is 24.3 Å². The van der Waals surface area contributed by atoms with Crippen LogP contribution in [0.4, 0.5) is 10.7 Å². The van der Waals surface area contributed by atoms with Gasteiger partial charge in [0.25, 0.3) is 0 Å². The topological polar surface area (TPSA) is 76.7 Å². The minimum atomic E-state index is -0.361. The minimum absolute atomic E-state index is 0.0746. The maximum atomic E-state index is 12.4. The molecule has 7 heteroatoms. The van der Waals surface area contributed by atoms with Crippen molar-refractivity contribution in [2.24, 2.45) is 0 Å². The third kappa shape index (κ3) is 3.83. The Morgan fingerprint density at radius 1 is 1.23 bits per heavy atom. The lowest BCUT2D eigenvalue weighted by molar-refractivity contribution is -0.114. The van der Waals surface area contributed by atoms with Gasteiger partial charge in [-0.25, -0.2) is 4.79 Å². The van der Waals surface area contributed by atoms with E-state index in [-0.39, 0.29) is 18.4 Å². The van der Waals surface area contributed by atoms with Crippen molar-refractivity contribution in [1.82, 2.24) is 0 Å². The zero-order chi connectivity index (χ0) is 18.5. The minimum Gasteiger partial charge on any atom is -0.495 e. The van der Waals surface area contributed by atoms with Crippen molar-refractivity contribution in [3.05, 3.63) is 40.3 Å². The van der Waals surface area contributed by atoms with Crippen molar-refractivity contribution < 1.29 is 19.1 Å². The number of rotatable bonds is 7. The average molecular weight is 374 g/mol. The molecule has 0 fully saturated rings. The van der Waals surface area contributed by atoms with E-state index >= 15 is 0 Å². The number of anilines is 2. The molecular weight excluding hydrogens is 352 g/mol. The first-order valence-electron chi connectivity index (χ1n) is 8.62. The van der Waals surface area contributed by atoms with E-state index in [0.717, 1.165) is 30.5 Å². The molecule has 0 spiro atoms. The summed E-state index contributed by atoms with van der Waals surface area (Å²) >= 11 is 1.48. The van der Waals surface area contributed by atoms with Gasteiger partial charge in [0, 0.05) is 4.88 Å². The lowest BCUT2D eigenvalue weighted by Gasteiger charge is -2.11. The number of para-hydroxylation sites is 2. The number of carbonyl (C=O) groups is 2. The maximum absolute atomic E-state index is 12.4. The number of methoxy groups -OCH3 is 1. The first-order valence-corrected chi connectivity index (χ1v) is 9.44. The van der Waals surface area contributed by atoms with Crippen LogP contribution in [-0.4, -0.2) is 32.1 Å². The normalized spacial score (nSPS) is 12.4. The van der Waals surface area contributed by atoms with E-state index in [1.807, 2.05) is 24.3 Å². The Balaban J connectivity index is 1.70. The van der Waals surface area contributed by atoms with Crippen molar-refractivity contribution in [1.29, 1.82) is 0 Å². The molecule has 2 N–H and O–H groups in total. The summed E-state index contributed by atoms with van der Waals surface area (Å²) in [5.41, 5.74) is 2.29. The summed E-state index contributed by atoms with van der Waals surface area (Å²) in [6.07, 6.45) is 2.84. The molecule has 0 aliphatic heterocycles. The predicted molar refractivity (Wildman–Crippen MR) is 102 cm³/mol. The van der Waals surface area contributed by atoms with Gasteiger partial charge in [-0.05, 0) is 43.9 Å². The van der Waals surface area contributed by atoms with Gasteiger partial charge in [0.05, 0.1) is 31.5 Å². The lowest BCUT2D eigenvalue weighted by atomic mass is 10.1. The van der Waals surface area contributed by atoms with Crippen LogP contribution in [-0.2, 0) is 22.4 Å². The number of hydrogen-bond donors (Lipinski definition) is 2. The number of hydrogen-bond acceptors (Lipinski definition) is 6. The Labute approximate surface area is 156 Å². The van der Waals surface area contributed by atoms with E-state index in [1.54, 1.807) is 14.0 Å². The maximum Gasteiger partial charge on any atom is 0.341 e. The highest BCUT2D eigenvalue weighted by molar-refractivity contribution is 7.17. The quantitative estimate of drug-likeness (QED) is 0.726. The highest BCUT2D eigenvalue weighted by Crippen LogP contribution is 2.39. The average Bonchev–Trinajstić information content (AvgIpc) is 3.21. The van der Waals surface area contributed by atoms with Gasteiger partial charge in [-0.2, -0.15) is 0 Å². The van der Waals surface area contributed by atoms with Gasteiger partial charge >= 0.3 is 5.97 Å². The molecule has 0 atom stereocenters. The van der Waals surface area contributed by atoms with Crippen LogP contribution in [0.2, 0.25) is 0 Å². The number of ether oxygens (including phenoxy) is 2. The molecule has 0 saturated carbocycles. The van der Waals surface area contributed by atoms with Gasteiger partial charge < -0.3 is 20.1 Å². The predicted octanol–water partition coefficient (Wildman–Crippen LogP) is 3.47. The fourth-order valence-electron chi connectivity index (χ4n) is 3.05. The molecule has 0 unspecified atom stereocenters. The van der Waals surface area contributed by atoms with Gasteiger partial charge in [-0.15, -0.1) is 11.3 Å². The van der Waals surface area contributed by atoms with E-state index in [2.05, 4.69) is 10.6 Å². The molecule has 1 amide bonds. The zero-order valence-electron chi connectivity index (χ0n) is 14.9. The second-order valence-electron chi connectivity index (χ2n) is 5.88. The van der Waals surface area contributed by atoms with Crippen LogP contribution in [0, 0.1) is 0 Å². The number of aryl methyl sites for hydroxylation is 1. The van der Waals surface area contributed by atoms with Gasteiger partial charge in [-0.3, -0.25) is 4.79 Å². The van der Waals surface area contributed by atoms with Crippen LogP contribution >= 0.6 is 11.3 Å². The SMILES string of the molecule is CCOC(=O)c1c(NC(=O)CNc2ccccc2OC)sc2c1CCC2. The molecule has 0 radical (unpaired) electrons. The second-order valence-corrected chi connectivity index (χ2v) is 6.99. The van der Waals surface area contributed by atoms with Crippen molar-refractivity contribution in [3.8, 4) is 5.75 Å². The Morgan fingerprint density at radius 3 is 2.81 bits per heavy atom. The third-order valence-electron chi connectivity index (χ3n) is 4.20. The number of thiophene rings is 1. The number of amides is 1. The first-order chi connectivity index (χ1) is 12.6. The summed E-state index contributed by atoms with van der Waals surface area (Å²) in [6.45, 7) is 2.16. The summed E-state index contributed by atoms with van der Waals surface area (Å²) in [5, 5.41) is 6.50. The summed E-state index contributed by atoms with van der Waals surface area (Å²) < 4.78 is 10.4. The standard InChI is InChI=1S/C19H22N2O4S/c1-3-25-19(23)17-12-7-6-10-15(12)26-18(17)21-16(22)11-20-13-8-4-5-9-14(13)24-2/h4-5,8-9,20H,3,6-7,10-11H2,1-2H3,(H,21,22). The van der Waals surface area contributed by atoms with E-state index in [9.17, 15) is 9.59 Å². The van der Waals surface area contributed by atoms with Crippen molar-refractivity contribution >= 4 is 33.9 Å². The highest BCUT2D eigenvalue weighted by atomic mass is 32.1. The Bertz CT molecular complexity index is 816. The van der Waals surface area contributed by atoms with Gasteiger partial charge in [-0.1, -0.05) is 12.1 Å². The fraction of sp³-hybridized carbons (Fsp3) is 0.368. The van der Waals surface area contributed by atoms with Crippen molar-refractivity contribution in [2.75, 3.05) is 30.9 Å². The molecule has 1 heterocycles. The van der Waals surface area contributed by atoms with Gasteiger partial charge in [0.15, 0.2) is 0 Å². The summed E-state index contributed by atoms with van der Waals surface area (Å²) in [5.74, 6) is 0.0869. The van der Waals surface area contributed by atoms with Crippen LogP contribution in [0.1, 0.15) is 34.1 Å². The molecule has 1 aromatic heterocycles. The van der Waals surface area contributed by atoms with Crippen LogP contribution < -0.4 is 15.4 Å². The van der Waals surface area contributed by atoms with E-state index in [4.69, 9.17) is 9.47 Å². The smallest absolute Gasteiger partial charge is 0.341 e. The second kappa shape index (κ2) is 8.23. The van der Waals surface area contributed by atoms with Crippen molar-refractivity contribution in [3.63, 3.8) is 0 Å². The molecular formula is C19H22N2O4S.